The molecule has 2 aromatic carbocycles. The number of aromatic nitrogens is 2. The summed E-state index contributed by atoms with van der Waals surface area (Å²) in [6.45, 7) is 0.400. The third kappa shape index (κ3) is 5.60. The molecule has 0 saturated heterocycles. The van der Waals surface area contributed by atoms with Crippen LogP contribution in [0.25, 0.3) is 10.9 Å². The lowest BCUT2D eigenvalue weighted by atomic mass is 10.1. The fourth-order valence-electron chi connectivity index (χ4n) is 4.15. The number of benzene rings is 2. The van der Waals surface area contributed by atoms with Gasteiger partial charge in [0.05, 0.1) is 10.9 Å². The van der Waals surface area contributed by atoms with Crippen molar-refractivity contribution in [3.8, 4) is 0 Å². The number of nitrogens with zero attached hydrogens (tertiary/aromatic N) is 1. The molecule has 0 spiro atoms. The van der Waals surface area contributed by atoms with Crippen LogP contribution in [0.3, 0.4) is 0 Å². The Hall–Kier alpha value is -3.48. The molecule has 0 atom stereocenters. The van der Waals surface area contributed by atoms with E-state index in [-0.39, 0.29) is 23.3 Å². The minimum atomic E-state index is -0.157. The summed E-state index contributed by atoms with van der Waals surface area (Å²) in [5, 5.41) is 6.48. The molecule has 0 radical (unpaired) electrons. The van der Waals surface area contributed by atoms with Crippen LogP contribution in [0, 0.1) is 5.92 Å². The lowest BCUT2D eigenvalue weighted by molar-refractivity contribution is -0.121. The van der Waals surface area contributed by atoms with Crippen molar-refractivity contribution in [2.45, 2.75) is 51.5 Å². The van der Waals surface area contributed by atoms with E-state index < -0.39 is 0 Å². The number of aryl methyl sites for hydroxylation is 1. The molecule has 1 aliphatic carbocycles. The maximum Gasteiger partial charge on any atom is 0.258 e. The summed E-state index contributed by atoms with van der Waals surface area (Å²) in [6, 6.07) is 14.8. The number of aromatic amines is 1. The average molecular weight is 433 g/mol. The van der Waals surface area contributed by atoms with Crippen LogP contribution in [0.1, 0.15) is 49.9 Å². The van der Waals surface area contributed by atoms with E-state index in [0.717, 1.165) is 36.9 Å². The average Bonchev–Trinajstić information content (AvgIpc) is 3.33. The Morgan fingerprint density at radius 3 is 2.72 bits per heavy atom. The molecule has 1 aliphatic rings. The SMILES string of the molecule is O=C(CCCc1nc2ccccc2c(=O)[nH]1)NCc1cccc(NC(=O)C2CCCC2)c1. The van der Waals surface area contributed by atoms with E-state index in [4.69, 9.17) is 0 Å². The highest BCUT2D eigenvalue weighted by molar-refractivity contribution is 5.92. The topological polar surface area (TPSA) is 104 Å². The molecule has 1 fully saturated rings. The van der Waals surface area contributed by atoms with Gasteiger partial charge >= 0.3 is 0 Å². The van der Waals surface area contributed by atoms with Crippen molar-refractivity contribution in [1.82, 2.24) is 15.3 Å². The van der Waals surface area contributed by atoms with Crippen molar-refractivity contribution in [1.29, 1.82) is 0 Å². The van der Waals surface area contributed by atoms with Gasteiger partial charge in [0.1, 0.15) is 5.82 Å². The highest BCUT2D eigenvalue weighted by atomic mass is 16.2. The predicted molar refractivity (Wildman–Crippen MR) is 124 cm³/mol. The molecule has 7 heteroatoms. The van der Waals surface area contributed by atoms with E-state index in [0.29, 0.717) is 42.5 Å². The number of rotatable bonds is 8. The zero-order valence-electron chi connectivity index (χ0n) is 18.0. The Bertz CT molecular complexity index is 1170. The summed E-state index contributed by atoms with van der Waals surface area (Å²) in [6.07, 6.45) is 5.62. The molecule has 2 amide bonds. The summed E-state index contributed by atoms with van der Waals surface area (Å²) >= 11 is 0. The van der Waals surface area contributed by atoms with Gasteiger partial charge in [-0.1, -0.05) is 37.1 Å². The Morgan fingerprint density at radius 1 is 1.06 bits per heavy atom. The van der Waals surface area contributed by atoms with Crippen LogP contribution < -0.4 is 16.2 Å². The molecule has 1 saturated carbocycles. The van der Waals surface area contributed by atoms with Gasteiger partial charge < -0.3 is 15.6 Å². The minimum Gasteiger partial charge on any atom is -0.352 e. The Kier molecular flexibility index (Phi) is 6.94. The lowest BCUT2D eigenvalue weighted by Gasteiger charge is -2.12. The largest absolute Gasteiger partial charge is 0.352 e. The molecular formula is C25H28N4O3. The number of amides is 2. The molecule has 0 aliphatic heterocycles. The second kappa shape index (κ2) is 10.2. The van der Waals surface area contributed by atoms with Crippen LogP contribution in [-0.4, -0.2) is 21.8 Å². The summed E-state index contributed by atoms with van der Waals surface area (Å²) in [7, 11) is 0. The maximum atomic E-state index is 12.3. The first-order valence-corrected chi connectivity index (χ1v) is 11.2. The molecule has 1 aromatic heterocycles. The second-order valence-electron chi connectivity index (χ2n) is 8.33. The van der Waals surface area contributed by atoms with Crippen molar-refractivity contribution >= 4 is 28.4 Å². The first-order valence-electron chi connectivity index (χ1n) is 11.2. The number of carbonyl (C=O) groups is 2. The minimum absolute atomic E-state index is 0.0615. The molecular weight excluding hydrogens is 404 g/mol. The Morgan fingerprint density at radius 2 is 1.88 bits per heavy atom. The quantitative estimate of drug-likeness (QED) is 0.505. The van der Waals surface area contributed by atoms with Gasteiger partial charge in [0.2, 0.25) is 11.8 Å². The number of hydrogen-bond acceptors (Lipinski definition) is 4. The summed E-state index contributed by atoms with van der Waals surface area (Å²) < 4.78 is 0. The van der Waals surface area contributed by atoms with Gasteiger partial charge in [0.15, 0.2) is 0 Å². The van der Waals surface area contributed by atoms with Crippen LogP contribution in [0.5, 0.6) is 0 Å². The fourth-order valence-corrected chi connectivity index (χ4v) is 4.15. The molecule has 4 rings (SSSR count). The Balaban J connectivity index is 1.24. The van der Waals surface area contributed by atoms with Gasteiger partial charge in [-0.25, -0.2) is 4.98 Å². The number of para-hydroxylation sites is 1. The number of H-pyrrole nitrogens is 1. The molecule has 1 heterocycles. The highest BCUT2D eigenvalue weighted by Crippen LogP contribution is 2.26. The van der Waals surface area contributed by atoms with Crippen LogP contribution >= 0.6 is 0 Å². The monoisotopic (exact) mass is 432 g/mol. The smallest absolute Gasteiger partial charge is 0.258 e. The molecule has 0 bridgehead atoms. The van der Waals surface area contributed by atoms with Crippen molar-refractivity contribution in [2.75, 3.05) is 5.32 Å². The number of carbonyl (C=O) groups excluding carboxylic acids is 2. The van der Waals surface area contributed by atoms with Crippen LogP contribution in [-0.2, 0) is 22.6 Å². The van der Waals surface area contributed by atoms with Crippen LogP contribution in [0.4, 0.5) is 5.69 Å². The fraction of sp³-hybridized carbons (Fsp3) is 0.360. The number of hydrogen-bond donors (Lipinski definition) is 3. The van der Waals surface area contributed by atoms with Crippen LogP contribution in [0.15, 0.2) is 53.3 Å². The van der Waals surface area contributed by atoms with E-state index in [1.165, 1.54) is 0 Å². The van der Waals surface area contributed by atoms with Crippen molar-refractivity contribution in [2.24, 2.45) is 5.92 Å². The van der Waals surface area contributed by atoms with E-state index in [2.05, 4.69) is 20.6 Å². The van der Waals surface area contributed by atoms with E-state index in [9.17, 15) is 14.4 Å². The summed E-state index contributed by atoms with van der Waals surface area (Å²) in [5.41, 5.74) is 2.20. The van der Waals surface area contributed by atoms with Gasteiger partial charge in [-0.3, -0.25) is 14.4 Å². The first-order chi connectivity index (χ1) is 15.6. The highest BCUT2D eigenvalue weighted by Gasteiger charge is 2.22. The molecule has 166 valence electrons. The molecule has 32 heavy (non-hydrogen) atoms. The summed E-state index contributed by atoms with van der Waals surface area (Å²) in [5.74, 6) is 0.732. The second-order valence-corrected chi connectivity index (χ2v) is 8.33. The Labute approximate surface area is 186 Å². The maximum absolute atomic E-state index is 12.3. The zero-order valence-corrected chi connectivity index (χ0v) is 18.0. The van der Waals surface area contributed by atoms with Crippen molar-refractivity contribution < 1.29 is 9.59 Å². The normalized spacial score (nSPS) is 13.9. The third-order valence-electron chi connectivity index (χ3n) is 5.89. The number of nitrogens with one attached hydrogen (secondary N) is 3. The lowest BCUT2D eigenvalue weighted by Crippen LogP contribution is -2.23. The van der Waals surface area contributed by atoms with Gasteiger partial charge in [-0.2, -0.15) is 0 Å². The van der Waals surface area contributed by atoms with Crippen LogP contribution in [0.2, 0.25) is 0 Å². The molecule has 3 aromatic rings. The van der Waals surface area contributed by atoms with E-state index >= 15 is 0 Å². The summed E-state index contributed by atoms with van der Waals surface area (Å²) in [4.78, 5) is 43.9. The molecule has 3 N–H and O–H groups in total. The van der Waals surface area contributed by atoms with Gasteiger partial charge in [-0.15, -0.1) is 0 Å². The van der Waals surface area contributed by atoms with E-state index in [1.807, 2.05) is 42.5 Å². The molecule has 0 unspecified atom stereocenters. The molecule has 7 nitrogen and oxygen atoms in total. The van der Waals surface area contributed by atoms with Gasteiger partial charge in [0, 0.05) is 31.0 Å². The standard InChI is InChI=1S/C25H28N4O3/c30-23(14-6-13-22-28-21-12-4-3-11-20(21)25(32)29-22)26-16-17-7-5-10-19(15-17)27-24(31)18-8-1-2-9-18/h3-5,7,10-12,15,18H,1-2,6,8-9,13-14,16H2,(H,26,30)(H,27,31)(H,28,29,32). The predicted octanol–water partition coefficient (Wildman–Crippen LogP) is 3.69. The van der Waals surface area contributed by atoms with Gasteiger partial charge in [0.25, 0.3) is 5.56 Å². The number of anilines is 1. The number of fused-ring (bicyclic) bond motifs is 1. The van der Waals surface area contributed by atoms with Crippen molar-refractivity contribution in [3.63, 3.8) is 0 Å². The first kappa shape index (κ1) is 21.7. The van der Waals surface area contributed by atoms with Crippen molar-refractivity contribution in [3.05, 3.63) is 70.3 Å². The zero-order chi connectivity index (χ0) is 22.3. The van der Waals surface area contributed by atoms with Gasteiger partial charge in [-0.05, 0) is 49.1 Å². The third-order valence-corrected chi connectivity index (χ3v) is 5.89. The van der Waals surface area contributed by atoms with E-state index in [1.54, 1.807) is 6.07 Å².